The summed E-state index contributed by atoms with van der Waals surface area (Å²) < 4.78 is 19.2. The van der Waals surface area contributed by atoms with E-state index in [0.717, 1.165) is 23.2 Å². The molecular formula is C26H21FN2O3. The minimum absolute atomic E-state index is 0.298. The molecule has 2 aromatic carbocycles. The fourth-order valence-corrected chi connectivity index (χ4v) is 4.22. The van der Waals surface area contributed by atoms with E-state index in [9.17, 15) is 14.3 Å². The van der Waals surface area contributed by atoms with Crippen molar-refractivity contribution in [3.05, 3.63) is 89.1 Å². The first-order chi connectivity index (χ1) is 15.5. The number of carboxylic acids is 1. The van der Waals surface area contributed by atoms with Crippen LogP contribution in [0.5, 0.6) is 0 Å². The Labute approximate surface area is 184 Å². The number of fused-ring (bicyclic) bond motifs is 2. The lowest BCUT2D eigenvalue weighted by Crippen LogP contribution is -2.31. The number of rotatable bonds is 4. The Morgan fingerprint density at radius 3 is 2.66 bits per heavy atom. The molecule has 1 aliphatic rings. The summed E-state index contributed by atoms with van der Waals surface area (Å²) in [4.78, 5) is 19.2. The van der Waals surface area contributed by atoms with Crippen molar-refractivity contribution in [2.24, 2.45) is 0 Å². The maximum atomic E-state index is 13.2. The first-order valence-electron chi connectivity index (χ1n) is 10.5. The Kier molecular flexibility index (Phi) is 5.07. The Bertz CT molecular complexity index is 1360. The molecule has 0 saturated heterocycles. The first kappa shape index (κ1) is 20.2. The van der Waals surface area contributed by atoms with E-state index in [1.165, 1.54) is 12.1 Å². The summed E-state index contributed by atoms with van der Waals surface area (Å²) in [6, 6.07) is 17.2. The summed E-state index contributed by atoms with van der Waals surface area (Å²) in [5, 5.41) is 10.7. The zero-order valence-electron chi connectivity index (χ0n) is 17.5. The molecule has 0 radical (unpaired) electrons. The molecule has 32 heavy (non-hydrogen) atoms. The number of hydrogen-bond acceptors (Lipinski definition) is 4. The van der Waals surface area contributed by atoms with Crippen molar-refractivity contribution in [1.29, 1.82) is 0 Å². The number of para-hydroxylation sites is 1. The second-order valence-corrected chi connectivity index (χ2v) is 7.82. The van der Waals surface area contributed by atoms with Crippen molar-refractivity contribution in [2.45, 2.75) is 13.5 Å². The fourth-order valence-electron chi connectivity index (χ4n) is 4.22. The quantitative estimate of drug-likeness (QED) is 0.451. The Balaban J connectivity index is 1.64. The molecule has 6 heteroatoms. The zero-order valence-corrected chi connectivity index (χ0v) is 17.5. The fraction of sp³-hybridized carbons (Fsp3) is 0.154. The van der Waals surface area contributed by atoms with Gasteiger partial charge in [-0.2, -0.15) is 0 Å². The number of aromatic carboxylic acids is 1. The third-order valence-corrected chi connectivity index (χ3v) is 5.81. The van der Waals surface area contributed by atoms with Crippen molar-refractivity contribution in [2.75, 3.05) is 13.1 Å². The van der Waals surface area contributed by atoms with Crippen LogP contribution < -0.4 is 0 Å². The van der Waals surface area contributed by atoms with Gasteiger partial charge in [-0.25, -0.2) is 14.2 Å². The monoisotopic (exact) mass is 428 g/mol. The summed E-state index contributed by atoms with van der Waals surface area (Å²) in [6.07, 6.45) is 1.92. The van der Waals surface area contributed by atoms with Crippen LogP contribution in [0.1, 0.15) is 34.3 Å². The summed E-state index contributed by atoms with van der Waals surface area (Å²) in [5.74, 6) is 0.0235. The van der Waals surface area contributed by atoms with Crippen LogP contribution in [0.15, 0.2) is 65.1 Å². The van der Waals surface area contributed by atoms with E-state index in [2.05, 4.69) is 11.8 Å². The lowest BCUT2D eigenvalue weighted by Gasteiger charge is -2.30. The van der Waals surface area contributed by atoms with Crippen LogP contribution >= 0.6 is 0 Å². The average Bonchev–Trinajstić information content (AvgIpc) is 3.26. The number of furan rings is 1. The topological polar surface area (TPSA) is 66.6 Å². The largest absolute Gasteiger partial charge is 0.478 e. The summed E-state index contributed by atoms with van der Waals surface area (Å²) in [6.45, 7) is 4.00. The lowest BCUT2D eigenvalue weighted by molar-refractivity contribution is 0.0696. The predicted octanol–water partition coefficient (Wildman–Crippen LogP) is 5.71. The third-order valence-electron chi connectivity index (χ3n) is 5.81. The highest BCUT2D eigenvalue weighted by atomic mass is 19.1. The molecule has 0 fully saturated rings. The van der Waals surface area contributed by atoms with Crippen LogP contribution in [-0.4, -0.2) is 34.0 Å². The van der Waals surface area contributed by atoms with Gasteiger partial charge in [0.1, 0.15) is 17.3 Å². The van der Waals surface area contributed by atoms with Crippen LogP contribution in [0.2, 0.25) is 0 Å². The molecule has 4 aromatic rings. The normalized spacial score (nSPS) is 15.2. The number of likely N-dealkylation sites (N-methyl/N-ethyl adjacent to an activating group) is 1. The molecule has 1 N–H and O–H groups in total. The Morgan fingerprint density at radius 2 is 1.91 bits per heavy atom. The van der Waals surface area contributed by atoms with Crippen LogP contribution in [0.3, 0.4) is 0 Å². The third kappa shape index (κ3) is 3.59. The van der Waals surface area contributed by atoms with Crippen molar-refractivity contribution in [1.82, 2.24) is 9.88 Å². The van der Waals surface area contributed by atoms with Gasteiger partial charge in [-0.3, -0.25) is 4.90 Å². The number of hydrogen-bond donors (Lipinski definition) is 1. The maximum Gasteiger partial charge on any atom is 0.336 e. The standard InChI is InChI=1S/C26H21FN2O3/c1-2-29-14-17(13-19-11-12-23(32-19)16-7-9-18(27)10-8-16)25-21(15-29)24(26(30)31)20-5-3-4-6-22(20)28-25/h3-13H,2,14-15H2,1H3,(H,30,31)/b17-13-. The second-order valence-electron chi connectivity index (χ2n) is 7.82. The van der Waals surface area contributed by atoms with Gasteiger partial charge >= 0.3 is 5.97 Å². The zero-order chi connectivity index (χ0) is 22.2. The summed E-state index contributed by atoms with van der Waals surface area (Å²) >= 11 is 0. The number of carboxylic acid groups (broad SMARTS) is 1. The summed E-state index contributed by atoms with van der Waals surface area (Å²) in [5.41, 5.74) is 4.08. The van der Waals surface area contributed by atoms with Gasteiger partial charge in [-0.15, -0.1) is 0 Å². The van der Waals surface area contributed by atoms with E-state index in [4.69, 9.17) is 9.40 Å². The van der Waals surface area contributed by atoms with Gasteiger partial charge in [-0.05, 0) is 60.7 Å². The predicted molar refractivity (Wildman–Crippen MR) is 122 cm³/mol. The number of nitrogens with zero attached hydrogens (tertiary/aromatic N) is 2. The highest BCUT2D eigenvalue weighted by molar-refractivity contribution is 6.05. The van der Waals surface area contributed by atoms with Crippen molar-refractivity contribution in [3.63, 3.8) is 0 Å². The highest BCUT2D eigenvalue weighted by Crippen LogP contribution is 2.34. The van der Waals surface area contributed by atoms with E-state index < -0.39 is 5.97 Å². The molecule has 0 unspecified atom stereocenters. The molecule has 0 atom stereocenters. The van der Waals surface area contributed by atoms with Crippen LogP contribution in [-0.2, 0) is 6.54 Å². The molecule has 0 aliphatic carbocycles. The minimum atomic E-state index is -0.950. The first-order valence-corrected chi connectivity index (χ1v) is 10.5. The van der Waals surface area contributed by atoms with Gasteiger partial charge in [0.25, 0.3) is 0 Å². The Hall–Kier alpha value is -3.77. The van der Waals surface area contributed by atoms with E-state index in [-0.39, 0.29) is 5.82 Å². The highest BCUT2D eigenvalue weighted by Gasteiger charge is 2.28. The van der Waals surface area contributed by atoms with E-state index >= 15 is 0 Å². The molecule has 160 valence electrons. The molecule has 5 rings (SSSR count). The minimum Gasteiger partial charge on any atom is -0.478 e. The molecule has 0 amide bonds. The summed E-state index contributed by atoms with van der Waals surface area (Å²) in [7, 11) is 0. The average molecular weight is 428 g/mol. The Morgan fingerprint density at radius 1 is 1.12 bits per heavy atom. The van der Waals surface area contributed by atoms with Crippen molar-refractivity contribution in [3.8, 4) is 11.3 Å². The van der Waals surface area contributed by atoms with Gasteiger partial charge in [0.15, 0.2) is 0 Å². The number of aromatic nitrogens is 1. The van der Waals surface area contributed by atoms with Gasteiger partial charge in [0, 0.05) is 29.6 Å². The van der Waals surface area contributed by atoms with Gasteiger partial charge in [0.05, 0.1) is 16.8 Å². The number of carbonyl (C=O) groups is 1. The molecule has 0 spiro atoms. The molecule has 1 aliphatic heterocycles. The SMILES string of the molecule is CCN1C/C(=C/c2ccc(-c3ccc(F)cc3)o2)c2nc3ccccc3c(C(=O)O)c2C1. The van der Waals surface area contributed by atoms with Gasteiger partial charge < -0.3 is 9.52 Å². The molecule has 0 saturated carbocycles. The molecule has 3 heterocycles. The van der Waals surface area contributed by atoms with E-state index in [1.54, 1.807) is 12.1 Å². The van der Waals surface area contributed by atoms with Gasteiger partial charge in [0.2, 0.25) is 0 Å². The maximum absolute atomic E-state index is 13.2. The lowest BCUT2D eigenvalue weighted by atomic mass is 9.92. The van der Waals surface area contributed by atoms with Crippen molar-refractivity contribution < 1.29 is 18.7 Å². The molecule has 5 nitrogen and oxygen atoms in total. The number of halogens is 1. The molecule has 0 bridgehead atoms. The van der Waals surface area contributed by atoms with Crippen LogP contribution in [0.25, 0.3) is 33.9 Å². The number of benzene rings is 2. The number of pyridine rings is 1. The molecule has 2 aromatic heterocycles. The molecular weight excluding hydrogens is 407 g/mol. The smallest absolute Gasteiger partial charge is 0.336 e. The second kappa shape index (κ2) is 8.05. The van der Waals surface area contributed by atoms with E-state index in [1.807, 2.05) is 42.5 Å². The van der Waals surface area contributed by atoms with Crippen molar-refractivity contribution >= 4 is 28.5 Å². The van der Waals surface area contributed by atoms with Crippen LogP contribution in [0, 0.1) is 5.82 Å². The van der Waals surface area contributed by atoms with Crippen LogP contribution in [0.4, 0.5) is 4.39 Å². The van der Waals surface area contributed by atoms with E-state index in [0.29, 0.717) is 46.8 Å². The van der Waals surface area contributed by atoms with Gasteiger partial charge in [-0.1, -0.05) is 25.1 Å².